The number of anilines is 8. The van der Waals surface area contributed by atoms with E-state index >= 15 is 0 Å². The van der Waals surface area contributed by atoms with E-state index in [4.69, 9.17) is 0 Å². The minimum Gasteiger partial charge on any atom is -0.376 e. The van der Waals surface area contributed by atoms with Crippen molar-refractivity contribution in [3.63, 3.8) is 0 Å². The Kier molecular flexibility index (Phi) is 12.0. The Balaban J connectivity index is 1.01. The second-order valence-corrected chi connectivity index (χ2v) is 27.1. The fourth-order valence-electron chi connectivity index (χ4n) is 15.5. The molecular formula is C83H70BN3. The summed E-state index contributed by atoms with van der Waals surface area (Å²) in [6.45, 7) is 16.6. The largest absolute Gasteiger partial charge is 0.376 e. The number of fused-ring (bicyclic) bond motifs is 9. The number of para-hydroxylation sites is 1. The van der Waals surface area contributed by atoms with E-state index in [1.807, 2.05) is 0 Å². The summed E-state index contributed by atoms with van der Waals surface area (Å²) in [6.07, 6.45) is 2.24. The first-order valence-corrected chi connectivity index (χ1v) is 31.2. The number of rotatable bonds is 8. The van der Waals surface area contributed by atoms with E-state index in [2.05, 4.69) is 336 Å². The topological polar surface area (TPSA) is 9.72 Å². The van der Waals surface area contributed by atoms with E-state index in [0.29, 0.717) is 0 Å². The van der Waals surface area contributed by atoms with E-state index in [-0.39, 0.29) is 23.1 Å². The van der Waals surface area contributed by atoms with Crippen LogP contribution in [0.15, 0.2) is 273 Å². The maximum absolute atomic E-state index is 2.77. The van der Waals surface area contributed by atoms with Crippen LogP contribution >= 0.6 is 0 Å². The number of hydrogen-bond donors (Lipinski definition) is 0. The van der Waals surface area contributed by atoms with Crippen molar-refractivity contribution in [1.29, 1.82) is 0 Å². The molecule has 4 aliphatic rings. The van der Waals surface area contributed by atoms with Crippen molar-refractivity contribution < 1.29 is 0 Å². The van der Waals surface area contributed by atoms with Gasteiger partial charge in [0.25, 0.3) is 0 Å². The summed E-state index contributed by atoms with van der Waals surface area (Å²) in [5, 5.41) is 2.47. The van der Waals surface area contributed by atoms with Crippen LogP contribution in [0.2, 0.25) is 0 Å². The monoisotopic (exact) mass is 1120 g/mol. The van der Waals surface area contributed by atoms with Crippen LogP contribution in [0.3, 0.4) is 0 Å². The maximum atomic E-state index is 2.77. The molecule has 0 fully saturated rings. The summed E-state index contributed by atoms with van der Waals surface area (Å²) in [5.41, 5.74) is 27.9. The standard InChI is InChI=1S/C83H70BN3/c1-80(2,3)60-39-45-64(46-40-60)85(63-41-35-57(36-42-63)55-23-12-8-13-24-55)66-47-48-75-68(52-66)69-51-59-27-20-21-32-67(59)78-77(69)84(87(75)65-43-37-58(38-44-65)56-25-14-9-15-26-56)74-34-22-33-70-79(74)86(78)76-54-72-71(81(4,5)49-50-82(72,6)7)53-73(76)83(70,61-28-16-10-17-29-61)62-30-18-11-19-31-62/h8-48,51-54H,49-50H2,1-7H3. The van der Waals surface area contributed by atoms with Crippen LogP contribution in [0.25, 0.3) is 44.2 Å². The molecule has 12 aromatic rings. The molecule has 87 heavy (non-hydrogen) atoms. The second kappa shape index (κ2) is 19.7. The summed E-state index contributed by atoms with van der Waals surface area (Å²) in [5.74, 6) is 0. The van der Waals surface area contributed by atoms with Gasteiger partial charge in [0.2, 0.25) is 0 Å². The fourth-order valence-corrected chi connectivity index (χ4v) is 15.5. The van der Waals surface area contributed by atoms with Crippen LogP contribution < -0.4 is 25.5 Å². The van der Waals surface area contributed by atoms with Crippen molar-refractivity contribution in [2.75, 3.05) is 14.6 Å². The highest BCUT2D eigenvalue weighted by Gasteiger charge is 2.55. The minimum absolute atomic E-state index is 0.00592. The van der Waals surface area contributed by atoms with Crippen LogP contribution in [0.1, 0.15) is 100 Å². The van der Waals surface area contributed by atoms with Crippen molar-refractivity contribution in [3.05, 3.63) is 312 Å². The third-order valence-electron chi connectivity index (χ3n) is 20.1. The molecule has 12 aromatic carbocycles. The molecule has 3 aliphatic heterocycles. The SMILES string of the molecule is CC(C)(C)c1ccc(N(c2ccc(-c3ccccc3)cc2)c2ccc3c(c2)-c2cc4ccccc4c4c2B(c2cccc5c2N4c2cc4c(cc2C5(c2ccccc2)c2ccccc2)C(C)(C)CCC4(C)C)N3c2ccc(-c3ccccc3)cc2)cc1. The van der Waals surface area contributed by atoms with E-state index in [0.717, 1.165) is 35.6 Å². The van der Waals surface area contributed by atoms with Crippen LogP contribution in [0, 0.1) is 0 Å². The molecule has 1 aliphatic carbocycles. The Morgan fingerprint density at radius 3 is 1.52 bits per heavy atom. The molecule has 0 saturated carbocycles. The number of benzene rings is 12. The van der Waals surface area contributed by atoms with Crippen LogP contribution in [-0.2, 0) is 21.7 Å². The number of hydrogen-bond acceptors (Lipinski definition) is 3. The quantitative estimate of drug-likeness (QED) is 0.140. The molecule has 4 heteroatoms. The summed E-state index contributed by atoms with van der Waals surface area (Å²) in [7, 11) is 0. The molecule has 0 aromatic heterocycles. The predicted octanol–water partition coefficient (Wildman–Crippen LogP) is 20.7. The molecule has 0 N–H and O–H groups in total. The molecule has 0 atom stereocenters. The van der Waals surface area contributed by atoms with Gasteiger partial charge in [0.15, 0.2) is 0 Å². The fraction of sp³-hybridized carbons (Fsp3) is 0.157. The Morgan fingerprint density at radius 1 is 0.402 bits per heavy atom. The highest BCUT2D eigenvalue weighted by Crippen LogP contribution is 2.62. The summed E-state index contributed by atoms with van der Waals surface area (Å²) < 4.78 is 0. The lowest BCUT2D eigenvalue weighted by Crippen LogP contribution is -2.62. The normalized spacial score (nSPS) is 15.4. The van der Waals surface area contributed by atoms with Crippen molar-refractivity contribution in [2.24, 2.45) is 0 Å². The lowest BCUT2D eigenvalue weighted by molar-refractivity contribution is 0.331. The van der Waals surface area contributed by atoms with E-state index < -0.39 is 5.41 Å². The van der Waals surface area contributed by atoms with Crippen molar-refractivity contribution in [2.45, 2.75) is 83.0 Å². The van der Waals surface area contributed by atoms with Crippen molar-refractivity contribution in [1.82, 2.24) is 0 Å². The van der Waals surface area contributed by atoms with Crippen molar-refractivity contribution in [3.8, 4) is 33.4 Å². The minimum atomic E-state index is -0.672. The molecule has 420 valence electrons. The van der Waals surface area contributed by atoms with Gasteiger partial charge >= 0.3 is 6.85 Å². The Morgan fingerprint density at radius 2 is 0.920 bits per heavy atom. The van der Waals surface area contributed by atoms with Gasteiger partial charge in [0.1, 0.15) is 0 Å². The molecule has 0 saturated heterocycles. The lowest BCUT2D eigenvalue weighted by atomic mass is 9.42. The molecule has 0 spiro atoms. The van der Waals surface area contributed by atoms with Gasteiger partial charge in [-0.15, -0.1) is 0 Å². The van der Waals surface area contributed by atoms with Crippen LogP contribution in [-0.4, -0.2) is 6.85 Å². The first-order chi connectivity index (χ1) is 42.3. The van der Waals surface area contributed by atoms with Gasteiger partial charge in [0, 0.05) is 45.1 Å². The van der Waals surface area contributed by atoms with Gasteiger partial charge in [-0.05, 0) is 179 Å². The molecule has 16 rings (SSSR count). The average Bonchev–Trinajstić information content (AvgIpc) is 0.668. The predicted molar refractivity (Wildman–Crippen MR) is 369 cm³/mol. The first kappa shape index (κ1) is 52.9. The van der Waals surface area contributed by atoms with Gasteiger partial charge in [-0.1, -0.05) is 255 Å². The summed E-state index contributed by atoms with van der Waals surface area (Å²) >= 11 is 0. The third kappa shape index (κ3) is 8.17. The third-order valence-corrected chi connectivity index (χ3v) is 20.1. The van der Waals surface area contributed by atoms with Crippen LogP contribution in [0.4, 0.5) is 45.5 Å². The highest BCUT2D eigenvalue weighted by atomic mass is 15.2. The maximum Gasteiger partial charge on any atom is 0.333 e. The van der Waals surface area contributed by atoms with Crippen LogP contribution in [0.5, 0.6) is 0 Å². The lowest BCUT2D eigenvalue weighted by Gasteiger charge is -2.53. The zero-order valence-electron chi connectivity index (χ0n) is 50.8. The summed E-state index contributed by atoms with van der Waals surface area (Å²) in [4.78, 5) is 7.92. The first-order valence-electron chi connectivity index (χ1n) is 31.2. The smallest absolute Gasteiger partial charge is 0.333 e. The number of nitrogens with zero attached hydrogens (tertiary/aromatic N) is 3. The molecule has 0 amide bonds. The van der Waals surface area contributed by atoms with Gasteiger partial charge in [-0.2, -0.15) is 0 Å². The molecule has 3 heterocycles. The van der Waals surface area contributed by atoms with Gasteiger partial charge < -0.3 is 14.6 Å². The zero-order chi connectivity index (χ0) is 59.0. The highest BCUT2D eigenvalue weighted by molar-refractivity contribution is 6.94. The second-order valence-electron chi connectivity index (χ2n) is 27.1. The Labute approximate surface area is 514 Å². The van der Waals surface area contributed by atoms with Crippen molar-refractivity contribution >= 4 is 74.0 Å². The molecular weight excluding hydrogens is 1050 g/mol. The Hall–Kier alpha value is -9.64. The van der Waals surface area contributed by atoms with Gasteiger partial charge in [0.05, 0.1) is 16.8 Å². The molecule has 3 nitrogen and oxygen atoms in total. The zero-order valence-corrected chi connectivity index (χ0v) is 50.8. The van der Waals surface area contributed by atoms with E-state index in [1.54, 1.807) is 0 Å². The molecule has 0 unspecified atom stereocenters. The Bertz CT molecular complexity index is 4600. The van der Waals surface area contributed by atoms with Gasteiger partial charge in [-0.25, -0.2) is 0 Å². The summed E-state index contributed by atoms with van der Waals surface area (Å²) in [6, 6.07) is 104. The van der Waals surface area contributed by atoms with E-state index in [9.17, 15) is 0 Å². The van der Waals surface area contributed by atoms with E-state index in [1.165, 1.54) is 117 Å². The molecule has 0 radical (unpaired) electrons. The average molecular weight is 1120 g/mol. The van der Waals surface area contributed by atoms with Gasteiger partial charge in [-0.3, -0.25) is 0 Å². The molecule has 0 bridgehead atoms.